The summed E-state index contributed by atoms with van der Waals surface area (Å²) in [6, 6.07) is 0. The van der Waals surface area contributed by atoms with Crippen LogP contribution < -0.4 is 0 Å². The highest BCUT2D eigenvalue weighted by molar-refractivity contribution is 7.00. The van der Waals surface area contributed by atoms with Crippen molar-refractivity contribution in [2.24, 2.45) is 0 Å². The Balaban J connectivity index is 2.99. The van der Waals surface area contributed by atoms with Gasteiger partial charge in [-0.05, 0) is 13.6 Å². The first-order chi connectivity index (χ1) is 8.47. The van der Waals surface area contributed by atoms with E-state index >= 15 is 0 Å². The molecule has 0 spiro atoms. The third-order valence-corrected chi connectivity index (χ3v) is 18.9. The minimum atomic E-state index is -2.22. The molecule has 1 heterocycles. The molecule has 0 aromatic rings. The molecule has 0 bridgehead atoms. The molecule has 0 unspecified atom stereocenters. The molecule has 0 aromatic heterocycles. The molecule has 1 aliphatic heterocycles. The van der Waals surface area contributed by atoms with Crippen molar-refractivity contribution >= 4 is 25.2 Å². The highest BCUT2D eigenvalue weighted by atomic mass is 28.5. The largest absolute Gasteiger partial charge is 0.411 e. The molecule has 1 fully saturated rings. The van der Waals surface area contributed by atoms with E-state index in [-0.39, 0.29) is 0 Å². The second-order valence-corrected chi connectivity index (χ2v) is 21.3. The topological polar surface area (TPSA) is 24.9 Å². The van der Waals surface area contributed by atoms with Crippen molar-refractivity contribution in [1.82, 2.24) is 8.80 Å². The van der Waals surface area contributed by atoms with Crippen molar-refractivity contribution in [2.45, 2.75) is 45.8 Å². The van der Waals surface area contributed by atoms with Crippen molar-refractivity contribution in [3.63, 3.8) is 0 Å². The van der Waals surface area contributed by atoms with Crippen LogP contribution in [0.2, 0.25) is 45.8 Å². The Kier molecular flexibility index (Phi) is 5.62. The van der Waals surface area contributed by atoms with Gasteiger partial charge in [0.2, 0.25) is 0 Å². The summed E-state index contributed by atoms with van der Waals surface area (Å²) in [5, 5.41) is 0. The summed E-state index contributed by atoms with van der Waals surface area (Å²) < 4.78 is 15.4. The molecule has 7 heteroatoms. The average Bonchev–Trinajstić information content (AvgIpc) is 2.09. The van der Waals surface area contributed by atoms with Crippen LogP contribution in [0.25, 0.3) is 0 Å². The molecule has 0 aliphatic carbocycles. The van der Waals surface area contributed by atoms with Crippen molar-refractivity contribution in [2.75, 3.05) is 33.4 Å². The average molecular weight is 321 g/mol. The molecule has 1 rings (SSSR count). The minimum absolute atomic E-state index is 0.796. The Morgan fingerprint density at radius 2 is 1.26 bits per heavy atom. The predicted octanol–water partition coefficient (Wildman–Crippen LogP) is 2.51. The Morgan fingerprint density at radius 1 is 0.895 bits per heavy atom. The summed E-state index contributed by atoms with van der Waals surface area (Å²) >= 11 is 0. The monoisotopic (exact) mass is 320 g/mol. The van der Waals surface area contributed by atoms with Gasteiger partial charge in [-0.2, -0.15) is 0 Å². The summed E-state index contributed by atoms with van der Waals surface area (Å²) in [6.45, 7) is 20.4. The standard InChI is InChI=1S/C12H32N2O2Si3/c1-13-9-11-15-19(8,16-12-10-13)14(17(2,3)4)18(5,6)7/h9-12H2,1-8H3. The molecule has 0 atom stereocenters. The van der Waals surface area contributed by atoms with Gasteiger partial charge in [0.1, 0.15) is 16.5 Å². The molecule has 114 valence electrons. The van der Waals surface area contributed by atoms with E-state index < -0.39 is 25.2 Å². The van der Waals surface area contributed by atoms with Crippen LogP contribution in [0.15, 0.2) is 0 Å². The van der Waals surface area contributed by atoms with E-state index in [9.17, 15) is 0 Å². The lowest BCUT2D eigenvalue weighted by atomic mass is 10.5. The van der Waals surface area contributed by atoms with Crippen molar-refractivity contribution in [3.8, 4) is 0 Å². The minimum Gasteiger partial charge on any atom is -0.382 e. The van der Waals surface area contributed by atoms with E-state index in [0.29, 0.717) is 0 Å². The first kappa shape index (κ1) is 17.5. The van der Waals surface area contributed by atoms with Gasteiger partial charge in [-0.15, -0.1) is 0 Å². The van der Waals surface area contributed by atoms with Gasteiger partial charge in [-0.25, -0.2) is 0 Å². The number of likely N-dealkylation sites (N-methyl/N-ethyl adjacent to an activating group) is 1. The number of hydrogen-bond donors (Lipinski definition) is 0. The zero-order chi connectivity index (χ0) is 14.9. The third kappa shape index (κ3) is 4.76. The van der Waals surface area contributed by atoms with E-state index in [1.54, 1.807) is 0 Å². The molecular formula is C12H32N2O2Si3. The molecular weight excluding hydrogens is 288 g/mol. The summed E-state index contributed by atoms with van der Waals surface area (Å²) in [4.78, 5) is 2.28. The van der Waals surface area contributed by atoms with Gasteiger partial charge in [0.05, 0.1) is 13.2 Å². The van der Waals surface area contributed by atoms with Crippen LogP contribution in [-0.4, -0.2) is 67.3 Å². The van der Waals surface area contributed by atoms with Gasteiger partial charge in [0.15, 0.2) is 0 Å². The Labute approximate surface area is 122 Å². The van der Waals surface area contributed by atoms with Gasteiger partial charge >= 0.3 is 8.72 Å². The van der Waals surface area contributed by atoms with Crippen LogP contribution in [0.1, 0.15) is 0 Å². The van der Waals surface area contributed by atoms with E-state index in [1.165, 1.54) is 0 Å². The van der Waals surface area contributed by atoms with E-state index in [0.717, 1.165) is 26.3 Å². The Bertz CT molecular complexity index is 278. The second kappa shape index (κ2) is 6.08. The van der Waals surface area contributed by atoms with Crippen LogP contribution in [-0.2, 0) is 8.85 Å². The highest BCUT2D eigenvalue weighted by Gasteiger charge is 2.51. The molecule has 0 N–H and O–H groups in total. The number of hydrogen-bond acceptors (Lipinski definition) is 4. The van der Waals surface area contributed by atoms with Crippen LogP contribution >= 0.6 is 0 Å². The Morgan fingerprint density at radius 3 is 1.58 bits per heavy atom. The molecule has 1 aliphatic rings. The normalized spacial score (nSPS) is 23.2. The third-order valence-electron chi connectivity index (χ3n) is 3.43. The van der Waals surface area contributed by atoms with E-state index in [4.69, 9.17) is 8.85 Å². The molecule has 0 radical (unpaired) electrons. The van der Waals surface area contributed by atoms with Crippen molar-refractivity contribution < 1.29 is 8.85 Å². The van der Waals surface area contributed by atoms with Crippen LogP contribution in [0.3, 0.4) is 0 Å². The predicted molar refractivity (Wildman–Crippen MR) is 89.6 cm³/mol. The maximum Gasteiger partial charge on any atom is 0.411 e. The summed E-state index contributed by atoms with van der Waals surface area (Å²) in [5.41, 5.74) is 0. The summed E-state index contributed by atoms with van der Waals surface area (Å²) in [5.74, 6) is 0. The summed E-state index contributed by atoms with van der Waals surface area (Å²) in [7, 11) is -2.98. The lowest BCUT2D eigenvalue weighted by molar-refractivity contribution is 0.0949. The fourth-order valence-corrected chi connectivity index (χ4v) is 23.1. The summed E-state index contributed by atoms with van der Waals surface area (Å²) in [6.07, 6.45) is 0. The van der Waals surface area contributed by atoms with Gasteiger partial charge in [-0.1, -0.05) is 39.3 Å². The quantitative estimate of drug-likeness (QED) is 0.746. The van der Waals surface area contributed by atoms with Crippen LogP contribution in [0.4, 0.5) is 0 Å². The van der Waals surface area contributed by atoms with Crippen LogP contribution in [0, 0.1) is 0 Å². The molecule has 19 heavy (non-hydrogen) atoms. The zero-order valence-corrected chi connectivity index (χ0v) is 17.0. The van der Waals surface area contributed by atoms with Crippen molar-refractivity contribution in [3.05, 3.63) is 0 Å². The van der Waals surface area contributed by atoms with Gasteiger partial charge in [0, 0.05) is 13.1 Å². The highest BCUT2D eigenvalue weighted by Crippen LogP contribution is 2.29. The van der Waals surface area contributed by atoms with Gasteiger partial charge in [-0.3, -0.25) is 0 Å². The first-order valence-electron chi connectivity index (χ1n) is 7.24. The Hall–Kier alpha value is 0.491. The maximum atomic E-state index is 6.33. The molecule has 4 nitrogen and oxygen atoms in total. The SMILES string of the molecule is CN1CCO[Si](C)(N([Si](C)(C)C)[Si](C)(C)C)OCC1. The lowest BCUT2D eigenvalue weighted by Crippen LogP contribution is -2.73. The lowest BCUT2D eigenvalue weighted by Gasteiger charge is -2.52. The van der Waals surface area contributed by atoms with E-state index in [2.05, 4.69) is 61.7 Å². The van der Waals surface area contributed by atoms with Gasteiger partial charge in [0.25, 0.3) is 0 Å². The number of rotatable bonds is 3. The smallest absolute Gasteiger partial charge is 0.382 e. The fraction of sp³-hybridized carbons (Fsp3) is 1.00. The fourth-order valence-electron chi connectivity index (χ4n) is 3.29. The zero-order valence-electron chi connectivity index (χ0n) is 14.0. The maximum absolute atomic E-state index is 6.33. The first-order valence-corrected chi connectivity index (χ1v) is 16.4. The van der Waals surface area contributed by atoms with E-state index in [1.807, 2.05) is 0 Å². The van der Waals surface area contributed by atoms with Gasteiger partial charge < -0.3 is 17.6 Å². The molecule has 1 saturated heterocycles. The molecule has 0 aromatic carbocycles. The molecule has 0 saturated carbocycles. The van der Waals surface area contributed by atoms with Crippen LogP contribution in [0.5, 0.6) is 0 Å². The molecule has 0 amide bonds. The number of nitrogens with zero attached hydrogens (tertiary/aromatic N) is 2. The van der Waals surface area contributed by atoms with Crippen molar-refractivity contribution in [1.29, 1.82) is 0 Å². The second-order valence-electron chi connectivity index (χ2n) is 7.58.